The normalized spacial score (nSPS) is 13.5. The molecule has 0 bridgehead atoms. The van der Waals surface area contributed by atoms with Crippen molar-refractivity contribution < 1.29 is 48.9 Å². The molecule has 41 heavy (non-hydrogen) atoms. The van der Waals surface area contributed by atoms with Crippen LogP contribution in [0.5, 0.6) is 0 Å². The van der Waals surface area contributed by atoms with Gasteiger partial charge >= 0.3 is 11.9 Å². The number of rotatable bonds is 19. The van der Waals surface area contributed by atoms with E-state index in [4.69, 9.17) is 22.3 Å². The smallest absolute Gasteiger partial charge is 0.326 e. The molecule has 0 aromatic carbocycles. The summed E-state index contributed by atoms with van der Waals surface area (Å²) >= 11 is 0. The molecular formula is C22H39N9O10. The second kappa shape index (κ2) is 18.7. The van der Waals surface area contributed by atoms with Gasteiger partial charge in [-0.15, -0.1) is 0 Å². The van der Waals surface area contributed by atoms with Gasteiger partial charge in [-0.05, 0) is 18.8 Å². The van der Waals surface area contributed by atoms with Crippen molar-refractivity contribution >= 4 is 47.4 Å². The van der Waals surface area contributed by atoms with E-state index in [0.29, 0.717) is 0 Å². The minimum Gasteiger partial charge on any atom is -0.481 e. The van der Waals surface area contributed by atoms with Crippen LogP contribution in [0.4, 0.5) is 0 Å². The van der Waals surface area contributed by atoms with Gasteiger partial charge in [0.05, 0.1) is 26.1 Å². The Kier molecular flexibility index (Phi) is 16.6. The first-order valence-electron chi connectivity index (χ1n) is 12.4. The molecule has 232 valence electrons. The molecule has 5 amide bonds. The molecule has 0 rings (SSSR count). The fraction of sp³-hybridized carbons (Fsp3) is 0.636. The summed E-state index contributed by atoms with van der Waals surface area (Å²) in [6.07, 6.45) is -0.586. The lowest BCUT2D eigenvalue weighted by Crippen LogP contribution is -2.58. The van der Waals surface area contributed by atoms with Crippen LogP contribution in [0.3, 0.4) is 0 Å². The van der Waals surface area contributed by atoms with Crippen molar-refractivity contribution in [1.82, 2.24) is 26.6 Å². The molecule has 0 aliphatic rings. The zero-order chi connectivity index (χ0) is 31.7. The van der Waals surface area contributed by atoms with E-state index in [9.17, 15) is 43.8 Å². The van der Waals surface area contributed by atoms with Gasteiger partial charge in [0.15, 0.2) is 5.96 Å². The first kappa shape index (κ1) is 36.5. The Balaban J connectivity index is 5.31. The second-order valence-electron chi connectivity index (χ2n) is 9.02. The van der Waals surface area contributed by atoms with Gasteiger partial charge in [-0.3, -0.25) is 33.8 Å². The second-order valence-corrected chi connectivity index (χ2v) is 9.02. The van der Waals surface area contributed by atoms with Crippen LogP contribution in [-0.4, -0.2) is 113 Å². The van der Waals surface area contributed by atoms with Crippen molar-refractivity contribution in [2.24, 2.45) is 28.1 Å². The van der Waals surface area contributed by atoms with Crippen molar-refractivity contribution in [3.63, 3.8) is 0 Å². The van der Waals surface area contributed by atoms with Crippen molar-refractivity contribution in [3.8, 4) is 0 Å². The molecule has 19 nitrogen and oxygen atoms in total. The van der Waals surface area contributed by atoms with E-state index in [0.717, 1.165) is 0 Å². The van der Waals surface area contributed by atoms with Crippen molar-refractivity contribution in [2.45, 2.75) is 57.3 Å². The van der Waals surface area contributed by atoms with Crippen molar-refractivity contribution in [2.75, 3.05) is 26.2 Å². The van der Waals surface area contributed by atoms with Gasteiger partial charge in [0.1, 0.15) is 24.2 Å². The Hall–Kier alpha value is -4.52. The van der Waals surface area contributed by atoms with Crippen molar-refractivity contribution in [1.29, 1.82) is 0 Å². The van der Waals surface area contributed by atoms with Crippen LogP contribution in [0.15, 0.2) is 4.99 Å². The summed E-state index contributed by atoms with van der Waals surface area (Å²) in [7, 11) is 0. The molecule has 0 aromatic heterocycles. The van der Waals surface area contributed by atoms with E-state index in [-0.39, 0.29) is 25.3 Å². The molecule has 0 heterocycles. The number of aliphatic imine (C=N–C) groups is 1. The summed E-state index contributed by atoms with van der Waals surface area (Å²) in [5, 5.41) is 38.8. The molecular weight excluding hydrogens is 550 g/mol. The zero-order valence-electron chi connectivity index (χ0n) is 22.7. The minimum atomic E-state index is -1.74. The molecule has 0 radical (unpaired) electrons. The third-order valence-corrected chi connectivity index (χ3v) is 5.28. The van der Waals surface area contributed by atoms with E-state index in [2.05, 4.69) is 31.6 Å². The Morgan fingerprint density at radius 3 is 1.88 bits per heavy atom. The topological polar surface area (TPSA) is 331 Å². The maximum absolute atomic E-state index is 12.7. The lowest BCUT2D eigenvalue weighted by atomic mass is 10.0. The fourth-order valence-electron chi connectivity index (χ4n) is 3.18. The molecule has 0 saturated carbocycles. The highest BCUT2D eigenvalue weighted by molar-refractivity contribution is 5.96. The number of hydrogen-bond donors (Lipinski definition) is 11. The maximum atomic E-state index is 12.7. The van der Waals surface area contributed by atoms with Crippen LogP contribution in [0.25, 0.3) is 0 Å². The molecule has 4 unspecified atom stereocenters. The number of aliphatic carboxylic acids is 2. The highest BCUT2D eigenvalue weighted by Gasteiger charge is 2.31. The van der Waals surface area contributed by atoms with E-state index < -0.39 is 97.7 Å². The lowest BCUT2D eigenvalue weighted by molar-refractivity contribution is -0.144. The largest absolute Gasteiger partial charge is 0.481 e. The van der Waals surface area contributed by atoms with E-state index >= 15 is 0 Å². The van der Waals surface area contributed by atoms with Crippen LogP contribution in [0, 0.1) is 5.92 Å². The Bertz CT molecular complexity index is 985. The number of aliphatic hydroxyl groups excluding tert-OH is 1. The minimum absolute atomic E-state index is 0.0736. The predicted octanol–water partition coefficient (Wildman–Crippen LogP) is -5.74. The molecule has 14 N–H and O–H groups in total. The number of amides is 5. The molecule has 0 fully saturated rings. The molecule has 0 saturated heterocycles. The number of hydrogen-bond acceptors (Lipinski definition) is 10. The highest BCUT2D eigenvalue weighted by Crippen LogP contribution is 2.03. The number of guanidine groups is 1. The predicted molar refractivity (Wildman–Crippen MR) is 142 cm³/mol. The summed E-state index contributed by atoms with van der Waals surface area (Å²) < 4.78 is 0. The molecule has 4 atom stereocenters. The molecule has 0 aliphatic carbocycles. The standard InChI is InChI=1S/C22H39N9O10/c1-10(2)17(21(40)41)31-20(39)13(9-32)30-19(38)12(6-16(35)36)29-15(34)8-27-18(37)11(28-14(33)7-23)4-3-5-26-22(24)25/h10-13,17,32H,3-9,23H2,1-2H3,(H,27,37)(H,28,33)(H,29,34)(H,30,38)(H,31,39)(H,35,36)(H,40,41)(H4,24,25,26). The summed E-state index contributed by atoms with van der Waals surface area (Å²) in [6.45, 7) is 1.08. The average Bonchev–Trinajstić information content (AvgIpc) is 2.88. The number of carboxylic acids is 2. The number of carbonyl (C=O) groups is 7. The molecule has 19 heteroatoms. The summed E-state index contributed by atoms with van der Waals surface area (Å²) in [4.78, 5) is 88.1. The van der Waals surface area contributed by atoms with Crippen LogP contribution in [0.1, 0.15) is 33.1 Å². The summed E-state index contributed by atoms with van der Waals surface area (Å²) in [6, 6.07) is -5.86. The van der Waals surface area contributed by atoms with Crippen molar-refractivity contribution in [3.05, 3.63) is 0 Å². The van der Waals surface area contributed by atoms with Gasteiger partial charge in [0, 0.05) is 6.54 Å². The van der Waals surface area contributed by atoms with Gasteiger partial charge in [0.2, 0.25) is 29.5 Å². The zero-order valence-corrected chi connectivity index (χ0v) is 22.7. The first-order valence-corrected chi connectivity index (χ1v) is 12.4. The SMILES string of the molecule is CC(C)C(NC(=O)C(CO)NC(=O)C(CC(=O)O)NC(=O)CNC(=O)C(CCCN=C(N)N)NC(=O)CN)C(=O)O. The Labute approximate surface area is 235 Å². The van der Waals surface area contributed by atoms with Gasteiger partial charge in [-0.2, -0.15) is 0 Å². The maximum Gasteiger partial charge on any atom is 0.326 e. The van der Waals surface area contributed by atoms with Crippen LogP contribution >= 0.6 is 0 Å². The fourth-order valence-corrected chi connectivity index (χ4v) is 3.18. The number of aliphatic hydroxyl groups is 1. The average molecular weight is 590 g/mol. The number of carboxylic acid groups (broad SMARTS) is 2. The Morgan fingerprint density at radius 2 is 1.39 bits per heavy atom. The Morgan fingerprint density at radius 1 is 0.805 bits per heavy atom. The van der Waals surface area contributed by atoms with E-state index in [1.807, 2.05) is 0 Å². The van der Waals surface area contributed by atoms with Crippen LogP contribution in [0.2, 0.25) is 0 Å². The monoisotopic (exact) mass is 589 g/mol. The lowest BCUT2D eigenvalue weighted by Gasteiger charge is -2.24. The van der Waals surface area contributed by atoms with Gasteiger partial charge < -0.3 is 59.1 Å². The first-order chi connectivity index (χ1) is 19.1. The van der Waals surface area contributed by atoms with Gasteiger partial charge in [0.25, 0.3) is 0 Å². The van der Waals surface area contributed by atoms with Gasteiger partial charge in [-0.25, -0.2) is 4.79 Å². The number of nitrogens with one attached hydrogen (secondary N) is 5. The number of carbonyl (C=O) groups excluding carboxylic acids is 5. The molecule has 0 aromatic rings. The third-order valence-electron chi connectivity index (χ3n) is 5.28. The summed E-state index contributed by atoms with van der Waals surface area (Å²) in [5.74, 6) is -8.24. The summed E-state index contributed by atoms with van der Waals surface area (Å²) in [5.41, 5.74) is 15.7. The number of nitrogens with zero attached hydrogens (tertiary/aromatic N) is 1. The number of nitrogens with two attached hydrogens (primary N) is 3. The highest BCUT2D eigenvalue weighted by atomic mass is 16.4. The molecule has 0 aliphatic heterocycles. The molecule has 0 spiro atoms. The van der Waals surface area contributed by atoms with Crippen LogP contribution in [-0.2, 0) is 33.6 Å². The third kappa shape index (κ3) is 15.0. The quantitative estimate of drug-likeness (QED) is 0.0380. The van der Waals surface area contributed by atoms with E-state index in [1.165, 1.54) is 13.8 Å². The van der Waals surface area contributed by atoms with E-state index in [1.54, 1.807) is 0 Å². The van der Waals surface area contributed by atoms with Crippen LogP contribution < -0.4 is 43.8 Å². The van der Waals surface area contributed by atoms with Gasteiger partial charge in [-0.1, -0.05) is 13.8 Å².